The Hall–Kier alpha value is -4.12. The summed E-state index contributed by atoms with van der Waals surface area (Å²) in [6.07, 6.45) is 55.2. The Morgan fingerprint density at radius 3 is 1.30 bits per heavy atom. The summed E-state index contributed by atoms with van der Waals surface area (Å²) in [4.78, 5) is 45.9. The van der Waals surface area contributed by atoms with Gasteiger partial charge in [-0.3, -0.25) is 18.6 Å². The van der Waals surface area contributed by atoms with Crippen LogP contribution in [0.1, 0.15) is 129 Å². The van der Waals surface area contributed by atoms with Crippen molar-refractivity contribution in [3.63, 3.8) is 0 Å². The number of aliphatic carboxylic acids is 1. The number of aliphatic hydroxyl groups is 1. The molecule has 11 nitrogen and oxygen atoms in total. The van der Waals surface area contributed by atoms with E-state index in [2.05, 4.69) is 135 Å². The fourth-order valence-electron chi connectivity index (χ4n) is 4.95. The zero-order valence-corrected chi connectivity index (χ0v) is 37.1. The summed E-state index contributed by atoms with van der Waals surface area (Å²) in [7, 11) is -4.79. The molecule has 0 saturated carbocycles. The number of rotatable bonds is 38. The maximum Gasteiger partial charge on any atom is 0.472 e. The number of ether oxygens (including phenoxy) is 1. The molecule has 60 heavy (non-hydrogen) atoms. The fraction of sp³-hybridized carbons (Fsp3) is 0.521. The Bertz CT molecular complexity index is 1470. The van der Waals surface area contributed by atoms with Crippen molar-refractivity contribution >= 4 is 25.7 Å². The molecule has 3 atom stereocenters. The average molecular weight is 856 g/mol. The molecular formula is C48H74NO10P. The molecule has 0 spiro atoms. The van der Waals surface area contributed by atoms with Gasteiger partial charge < -0.3 is 25.2 Å². The van der Waals surface area contributed by atoms with Gasteiger partial charge in [0.1, 0.15) is 12.7 Å². The largest absolute Gasteiger partial charge is 0.480 e. The number of carboxylic acid groups (broad SMARTS) is 1. The van der Waals surface area contributed by atoms with Gasteiger partial charge in [0.15, 0.2) is 6.04 Å². The summed E-state index contributed by atoms with van der Waals surface area (Å²) in [5.74, 6) is -2.50. The molecule has 0 fully saturated rings. The number of allylic oxidation sites excluding steroid dienone is 20. The minimum Gasteiger partial charge on any atom is -0.480 e. The standard InChI is InChI=1S/C48H74NO10P/c1-3-5-7-9-11-13-15-17-19-20-21-22-23-24-26-27-29-31-33-35-37-39-46(51)49-45(48(53)54)43-59-60(55,56)58-42-44(50)41-57-47(52)40-38-36-34-32-30-28-25-18-16-14-12-10-8-6-4-2/h5-8,11-14,17-19,21-22,24-26,29-32,44-45,50H,3-4,9-10,15-16,20,23,27-28,33-43H2,1-2H3,(H,49,51)(H,53,54)(H,55,56)/b7-5-,8-6-,13-11-,14-12-,19-17-,22-21-,25-18-,26-24-,31-29-,32-30-. The summed E-state index contributed by atoms with van der Waals surface area (Å²) in [5.41, 5.74) is 0. The Morgan fingerprint density at radius 2 is 0.900 bits per heavy atom. The Kier molecular flexibility index (Phi) is 38.8. The van der Waals surface area contributed by atoms with Gasteiger partial charge >= 0.3 is 19.8 Å². The maximum atomic E-state index is 12.3. The number of carboxylic acids is 1. The van der Waals surface area contributed by atoms with Crippen molar-refractivity contribution in [3.05, 3.63) is 122 Å². The maximum absolute atomic E-state index is 12.3. The van der Waals surface area contributed by atoms with E-state index in [0.717, 1.165) is 89.9 Å². The predicted octanol–water partition coefficient (Wildman–Crippen LogP) is 11.2. The third-order valence-corrected chi connectivity index (χ3v) is 9.20. The zero-order chi connectivity index (χ0) is 44.2. The van der Waals surface area contributed by atoms with Gasteiger partial charge in [-0.2, -0.15) is 0 Å². The molecule has 0 bridgehead atoms. The van der Waals surface area contributed by atoms with Gasteiger partial charge in [0.05, 0.1) is 13.2 Å². The number of nitrogens with one attached hydrogen (secondary N) is 1. The lowest BCUT2D eigenvalue weighted by Crippen LogP contribution is -2.43. The fourth-order valence-corrected chi connectivity index (χ4v) is 5.73. The highest BCUT2D eigenvalue weighted by atomic mass is 31.2. The lowest BCUT2D eigenvalue weighted by Gasteiger charge is -2.18. The molecule has 0 aliphatic heterocycles. The van der Waals surface area contributed by atoms with Crippen LogP contribution in [0.25, 0.3) is 0 Å². The van der Waals surface area contributed by atoms with Gasteiger partial charge in [-0.15, -0.1) is 0 Å². The Balaban J connectivity index is 4.08. The van der Waals surface area contributed by atoms with Crippen LogP contribution >= 0.6 is 7.82 Å². The van der Waals surface area contributed by atoms with Crippen LogP contribution in [0.3, 0.4) is 0 Å². The van der Waals surface area contributed by atoms with E-state index in [9.17, 15) is 34.1 Å². The third-order valence-electron chi connectivity index (χ3n) is 8.25. The normalized spacial score (nSPS) is 14.9. The molecule has 12 heteroatoms. The van der Waals surface area contributed by atoms with Gasteiger partial charge in [0.2, 0.25) is 5.91 Å². The number of hydrogen-bond donors (Lipinski definition) is 4. The van der Waals surface area contributed by atoms with Gasteiger partial charge in [0, 0.05) is 12.8 Å². The first-order chi connectivity index (χ1) is 29.1. The summed E-state index contributed by atoms with van der Waals surface area (Å²) in [6.45, 7) is 2.26. The summed E-state index contributed by atoms with van der Waals surface area (Å²) < 4.78 is 26.8. The first kappa shape index (κ1) is 55.9. The van der Waals surface area contributed by atoms with Crippen LogP contribution in [0.2, 0.25) is 0 Å². The van der Waals surface area contributed by atoms with Crippen molar-refractivity contribution in [1.29, 1.82) is 0 Å². The highest BCUT2D eigenvalue weighted by Gasteiger charge is 2.28. The van der Waals surface area contributed by atoms with Crippen molar-refractivity contribution in [2.75, 3.05) is 19.8 Å². The average Bonchev–Trinajstić information content (AvgIpc) is 3.22. The van der Waals surface area contributed by atoms with Crippen LogP contribution in [0.15, 0.2) is 122 Å². The number of amides is 1. The minimum atomic E-state index is -4.79. The topological polar surface area (TPSA) is 169 Å². The Labute approximate surface area is 360 Å². The van der Waals surface area contributed by atoms with Gasteiger partial charge in [-0.05, 0) is 103 Å². The Morgan fingerprint density at radius 1 is 0.533 bits per heavy atom. The number of esters is 1. The minimum absolute atomic E-state index is 0.0792. The number of carbonyl (C=O) groups excluding carboxylic acids is 2. The van der Waals surface area contributed by atoms with Gasteiger partial charge in [0.25, 0.3) is 0 Å². The number of hydrogen-bond acceptors (Lipinski definition) is 8. The van der Waals surface area contributed by atoms with Crippen LogP contribution in [0.5, 0.6) is 0 Å². The second-order valence-corrected chi connectivity index (χ2v) is 15.2. The number of phosphoric ester groups is 1. The summed E-state index contributed by atoms with van der Waals surface area (Å²) in [6, 6.07) is -1.58. The van der Waals surface area contributed by atoms with Crippen molar-refractivity contribution < 1.29 is 47.8 Å². The van der Waals surface area contributed by atoms with Gasteiger partial charge in [-0.1, -0.05) is 135 Å². The number of carbonyl (C=O) groups is 3. The zero-order valence-electron chi connectivity index (χ0n) is 36.2. The molecule has 0 rings (SSSR count). The third kappa shape index (κ3) is 40.7. The van der Waals surface area contributed by atoms with E-state index < -0.39 is 57.6 Å². The van der Waals surface area contributed by atoms with Crippen LogP contribution in [-0.4, -0.2) is 64.9 Å². The highest BCUT2D eigenvalue weighted by Crippen LogP contribution is 2.43. The molecule has 0 heterocycles. The molecule has 3 unspecified atom stereocenters. The van der Waals surface area contributed by atoms with Crippen LogP contribution in [0, 0.1) is 0 Å². The van der Waals surface area contributed by atoms with Crippen LogP contribution in [-0.2, 0) is 32.7 Å². The number of phosphoric acid groups is 1. The lowest BCUT2D eigenvalue weighted by molar-refractivity contribution is -0.147. The predicted molar refractivity (Wildman–Crippen MR) is 244 cm³/mol. The van der Waals surface area contributed by atoms with Crippen molar-refractivity contribution in [2.45, 2.75) is 142 Å². The molecule has 336 valence electrons. The van der Waals surface area contributed by atoms with Gasteiger partial charge in [-0.25, -0.2) is 9.36 Å². The van der Waals surface area contributed by atoms with E-state index in [4.69, 9.17) is 13.8 Å². The number of aliphatic hydroxyl groups excluding tert-OH is 1. The van der Waals surface area contributed by atoms with E-state index in [0.29, 0.717) is 12.8 Å². The molecule has 0 aliphatic carbocycles. The van der Waals surface area contributed by atoms with Crippen molar-refractivity contribution in [1.82, 2.24) is 5.32 Å². The smallest absolute Gasteiger partial charge is 0.472 e. The van der Waals surface area contributed by atoms with Crippen LogP contribution < -0.4 is 5.32 Å². The highest BCUT2D eigenvalue weighted by molar-refractivity contribution is 7.47. The van der Waals surface area contributed by atoms with E-state index in [1.165, 1.54) is 0 Å². The summed E-state index contributed by atoms with van der Waals surface area (Å²) >= 11 is 0. The van der Waals surface area contributed by atoms with E-state index in [1.54, 1.807) is 0 Å². The molecule has 0 aromatic carbocycles. The van der Waals surface area contributed by atoms with Crippen molar-refractivity contribution in [3.8, 4) is 0 Å². The second kappa shape index (κ2) is 41.6. The lowest BCUT2D eigenvalue weighted by atomic mass is 10.1. The molecule has 0 aliphatic rings. The van der Waals surface area contributed by atoms with Crippen molar-refractivity contribution in [2.24, 2.45) is 0 Å². The molecule has 0 radical (unpaired) electrons. The number of unbranched alkanes of at least 4 members (excludes halogenated alkanes) is 4. The first-order valence-electron chi connectivity index (χ1n) is 21.6. The first-order valence-corrected chi connectivity index (χ1v) is 23.1. The molecule has 0 aromatic rings. The molecule has 0 saturated heterocycles. The summed E-state index contributed by atoms with van der Waals surface area (Å²) in [5, 5.41) is 21.8. The van der Waals surface area contributed by atoms with E-state index in [1.807, 2.05) is 6.08 Å². The monoisotopic (exact) mass is 856 g/mol. The SMILES string of the molecule is CC/C=C\C/C=C\C/C=C\C/C=C\C/C=C\C/C=C\CCCCC(=O)NC(COP(=O)(O)OCC(O)COC(=O)CCCC/C=C\C/C=C\C/C=C\C/C=C\CC)C(=O)O. The second-order valence-electron chi connectivity index (χ2n) is 13.8. The molecule has 4 N–H and O–H groups in total. The molecule has 0 aromatic heterocycles. The van der Waals surface area contributed by atoms with Crippen LogP contribution in [0.4, 0.5) is 0 Å². The molecular weight excluding hydrogens is 781 g/mol. The van der Waals surface area contributed by atoms with E-state index >= 15 is 0 Å². The quantitative estimate of drug-likeness (QED) is 0.0203. The molecule has 1 amide bonds. The van der Waals surface area contributed by atoms with E-state index in [-0.39, 0.29) is 12.8 Å².